The van der Waals surface area contributed by atoms with Crippen LogP contribution in [0.2, 0.25) is 0 Å². The number of nitrogens with one attached hydrogen (secondary N) is 1. The van der Waals surface area contributed by atoms with Crippen molar-refractivity contribution in [3.8, 4) is 0 Å². The van der Waals surface area contributed by atoms with Crippen LogP contribution in [-0.2, 0) is 0 Å². The Morgan fingerprint density at radius 1 is 1.06 bits per heavy atom. The molecule has 0 aromatic rings. The average molecular weight is 250 g/mol. The van der Waals surface area contributed by atoms with E-state index < -0.39 is 0 Å². The maximum atomic E-state index is 3.38. The van der Waals surface area contributed by atoms with E-state index in [1.54, 1.807) is 0 Å². The van der Waals surface area contributed by atoms with E-state index in [0.29, 0.717) is 0 Å². The van der Waals surface area contributed by atoms with Crippen molar-refractivity contribution < 1.29 is 0 Å². The first-order chi connectivity index (χ1) is 8.84. The van der Waals surface area contributed by atoms with Crippen molar-refractivity contribution in [3.05, 3.63) is 0 Å². The SMILES string of the molecule is CNCC1CCCN(C2CCC23CCCCC3)C1. The van der Waals surface area contributed by atoms with Gasteiger partial charge in [0.25, 0.3) is 0 Å². The summed E-state index contributed by atoms with van der Waals surface area (Å²) in [6.07, 6.45) is 13.5. The van der Waals surface area contributed by atoms with Crippen LogP contribution in [0.4, 0.5) is 0 Å². The summed E-state index contributed by atoms with van der Waals surface area (Å²) in [5.41, 5.74) is 0.764. The summed E-state index contributed by atoms with van der Waals surface area (Å²) < 4.78 is 0. The molecule has 3 fully saturated rings. The van der Waals surface area contributed by atoms with Crippen LogP contribution >= 0.6 is 0 Å². The predicted octanol–water partition coefficient (Wildman–Crippen LogP) is 3.03. The first kappa shape index (κ1) is 12.9. The fraction of sp³-hybridized carbons (Fsp3) is 1.00. The molecule has 0 aromatic carbocycles. The number of hydrogen-bond donors (Lipinski definition) is 1. The molecular formula is C16H30N2. The monoisotopic (exact) mass is 250 g/mol. The van der Waals surface area contributed by atoms with E-state index in [2.05, 4.69) is 17.3 Å². The van der Waals surface area contributed by atoms with Gasteiger partial charge in [0.05, 0.1) is 0 Å². The van der Waals surface area contributed by atoms with Crippen LogP contribution in [0.5, 0.6) is 0 Å². The van der Waals surface area contributed by atoms with E-state index in [0.717, 1.165) is 17.4 Å². The molecule has 0 radical (unpaired) electrons. The highest BCUT2D eigenvalue weighted by Crippen LogP contribution is 2.54. The molecule has 1 heterocycles. The van der Waals surface area contributed by atoms with Crippen LogP contribution in [0.15, 0.2) is 0 Å². The molecule has 3 rings (SSSR count). The Hall–Kier alpha value is -0.0800. The van der Waals surface area contributed by atoms with Crippen molar-refractivity contribution in [1.29, 1.82) is 0 Å². The molecule has 1 N–H and O–H groups in total. The molecule has 0 bridgehead atoms. The van der Waals surface area contributed by atoms with Gasteiger partial charge in [-0.05, 0) is 70.0 Å². The highest BCUT2D eigenvalue weighted by Gasteiger charge is 2.49. The van der Waals surface area contributed by atoms with Crippen LogP contribution in [0.25, 0.3) is 0 Å². The summed E-state index contributed by atoms with van der Waals surface area (Å²) in [5, 5.41) is 3.38. The molecule has 18 heavy (non-hydrogen) atoms. The van der Waals surface area contributed by atoms with Crippen LogP contribution in [-0.4, -0.2) is 37.6 Å². The number of rotatable bonds is 3. The minimum absolute atomic E-state index is 0.764. The highest BCUT2D eigenvalue weighted by atomic mass is 15.2. The van der Waals surface area contributed by atoms with Gasteiger partial charge in [-0.2, -0.15) is 0 Å². The lowest BCUT2D eigenvalue weighted by Crippen LogP contribution is -2.58. The van der Waals surface area contributed by atoms with Gasteiger partial charge in [-0.25, -0.2) is 0 Å². The number of hydrogen-bond acceptors (Lipinski definition) is 2. The van der Waals surface area contributed by atoms with Crippen molar-refractivity contribution in [2.24, 2.45) is 11.3 Å². The molecule has 2 aliphatic carbocycles. The van der Waals surface area contributed by atoms with Crippen molar-refractivity contribution in [1.82, 2.24) is 10.2 Å². The molecule has 2 atom stereocenters. The Morgan fingerprint density at radius 3 is 2.56 bits per heavy atom. The molecule has 0 amide bonds. The molecular weight excluding hydrogens is 220 g/mol. The lowest BCUT2D eigenvalue weighted by atomic mass is 9.56. The van der Waals surface area contributed by atoms with Crippen molar-refractivity contribution in [3.63, 3.8) is 0 Å². The first-order valence-electron chi connectivity index (χ1n) is 8.23. The largest absolute Gasteiger partial charge is 0.319 e. The van der Waals surface area contributed by atoms with Crippen molar-refractivity contribution >= 4 is 0 Å². The lowest BCUT2D eigenvalue weighted by molar-refractivity contribution is -0.0670. The first-order valence-corrected chi connectivity index (χ1v) is 8.23. The zero-order valence-corrected chi connectivity index (χ0v) is 12.1. The van der Waals surface area contributed by atoms with Gasteiger partial charge in [-0.1, -0.05) is 19.3 Å². The standard InChI is InChI=1S/C16H30N2/c1-17-12-14-6-5-11-18(13-14)15-7-10-16(15)8-3-2-4-9-16/h14-15,17H,2-13H2,1H3. The minimum Gasteiger partial charge on any atom is -0.319 e. The summed E-state index contributed by atoms with van der Waals surface area (Å²) in [6.45, 7) is 3.97. The molecule has 2 nitrogen and oxygen atoms in total. The van der Waals surface area contributed by atoms with E-state index >= 15 is 0 Å². The van der Waals surface area contributed by atoms with E-state index in [4.69, 9.17) is 0 Å². The molecule has 1 saturated heterocycles. The molecule has 0 aromatic heterocycles. The molecule has 104 valence electrons. The van der Waals surface area contributed by atoms with Gasteiger partial charge in [-0.15, -0.1) is 0 Å². The maximum Gasteiger partial charge on any atom is 0.0152 e. The van der Waals surface area contributed by atoms with Crippen LogP contribution in [0.3, 0.4) is 0 Å². The van der Waals surface area contributed by atoms with Gasteiger partial charge in [0.1, 0.15) is 0 Å². The second-order valence-corrected chi connectivity index (χ2v) is 7.04. The summed E-state index contributed by atoms with van der Waals surface area (Å²) in [5.74, 6) is 0.907. The van der Waals surface area contributed by atoms with Gasteiger partial charge in [-0.3, -0.25) is 4.90 Å². The van der Waals surface area contributed by atoms with Crippen LogP contribution in [0.1, 0.15) is 57.8 Å². The molecule has 1 spiro atoms. The Labute approximate surface area is 113 Å². The number of likely N-dealkylation sites (tertiary alicyclic amines) is 1. The second kappa shape index (κ2) is 5.50. The number of nitrogens with zero attached hydrogens (tertiary/aromatic N) is 1. The molecule has 1 aliphatic heterocycles. The molecule has 2 unspecified atom stereocenters. The zero-order chi connectivity index (χ0) is 12.4. The average Bonchev–Trinajstić information content (AvgIpc) is 2.39. The topological polar surface area (TPSA) is 15.3 Å². The summed E-state index contributed by atoms with van der Waals surface area (Å²) in [6, 6.07) is 0.956. The second-order valence-electron chi connectivity index (χ2n) is 7.04. The number of piperidine rings is 1. The Balaban J connectivity index is 1.60. The molecule has 2 heteroatoms. The summed E-state index contributed by atoms with van der Waals surface area (Å²) >= 11 is 0. The van der Waals surface area contributed by atoms with E-state index in [1.165, 1.54) is 77.4 Å². The Kier molecular flexibility index (Phi) is 3.95. The summed E-state index contributed by atoms with van der Waals surface area (Å²) in [4.78, 5) is 2.88. The Bertz CT molecular complexity index is 268. The third-order valence-electron chi connectivity index (χ3n) is 5.96. The van der Waals surface area contributed by atoms with E-state index in [1.807, 2.05) is 0 Å². The zero-order valence-electron chi connectivity index (χ0n) is 12.1. The van der Waals surface area contributed by atoms with E-state index in [9.17, 15) is 0 Å². The van der Waals surface area contributed by atoms with Gasteiger partial charge in [0.15, 0.2) is 0 Å². The fourth-order valence-electron chi connectivity index (χ4n) is 4.93. The normalized spacial score (nSPS) is 36.5. The quantitative estimate of drug-likeness (QED) is 0.828. The third-order valence-corrected chi connectivity index (χ3v) is 5.96. The van der Waals surface area contributed by atoms with Crippen molar-refractivity contribution in [2.75, 3.05) is 26.7 Å². The highest BCUT2D eigenvalue weighted by molar-refractivity contribution is 5.03. The smallest absolute Gasteiger partial charge is 0.0152 e. The minimum atomic E-state index is 0.764. The summed E-state index contributed by atoms with van der Waals surface area (Å²) in [7, 11) is 2.10. The van der Waals surface area contributed by atoms with Gasteiger partial charge in [0, 0.05) is 12.6 Å². The Morgan fingerprint density at radius 2 is 1.89 bits per heavy atom. The van der Waals surface area contributed by atoms with Crippen LogP contribution < -0.4 is 5.32 Å². The predicted molar refractivity (Wildman–Crippen MR) is 76.8 cm³/mol. The van der Waals surface area contributed by atoms with Crippen LogP contribution in [0, 0.1) is 11.3 Å². The van der Waals surface area contributed by atoms with Gasteiger partial charge >= 0.3 is 0 Å². The van der Waals surface area contributed by atoms with Gasteiger partial charge in [0.2, 0.25) is 0 Å². The van der Waals surface area contributed by atoms with E-state index in [-0.39, 0.29) is 0 Å². The molecule has 3 aliphatic rings. The molecule has 2 saturated carbocycles. The lowest BCUT2D eigenvalue weighted by Gasteiger charge is -2.57. The fourth-order valence-corrected chi connectivity index (χ4v) is 4.93. The van der Waals surface area contributed by atoms with Crippen molar-refractivity contribution in [2.45, 2.75) is 63.8 Å². The van der Waals surface area contributed by atoms with Gasteiger partial charge < -0.3 is 5.32 Å². The third kappa shape index (κ3) is 2.34. The maximum absolute atomic E-state index is 3.38.